The number of hydrogen-bond donors (Lipinski definition) is 1. The summed E-state index contributed by atoms with van der Waals surface area (Å²) in [5.74, 6) is 4.11. The average molecular weight is 436 g/mol. The highest BCUT2D eigenvalue weighted by Gasteiger charge is 2.54. The minimum Gasteiger partial charge on any atom is -0.486 e. The van der Waals surface area contributed by atoms with Crippen LogP contribution in [0.15, 0.2) is 40.8 Å². The molecule has 0 aliphatic heterocycles. The molecule has 0 saturated heterocycles. The zero-order chi connectivity index (χ0) is 22.3. The lowest BCUT2D eigenvalue weighted by molar-refractivity contribution is -0.0728. The van der Waals surface area contributed by atoms with Gasteiger partial charge in [-0.15, -0.1) is 0 Å². The molecular weight excluding hydrogens is 402 g/mol. The Kier molecular flexibility index (Phi) is 5.60. The molecule has 4 aliphatic carbocycles. The molecule has 5 nitrogen and oxygen atoms in total. The molecule has 1 heterocycles. The highest BCUT2D eigenvalue weighted by molar-refractivity contribution is 5.94. The van der Waals surface area contributed by atoms with E-state index in [1.807, 2.05) is 0 Å². The second-order valence-electron chi connectivity index (χ2n) is 10.3. The fourth-order valence-corrected chi connectivity index (χ4v) is 7.04. The summed E-state index contributed by atoms with van der Waals surface area (Å²) in [7, 11) is 0. The van der Waals surface area contributed by atoms with Crippen LogP contribution < -0.4 is 10.1 Å². The van der Waals surface area contributed by atoms with Gasteiger partial charge in [-0.3, -0.25) is 9.59 Å². The van der Waals surface area contributed by atoms with Crippen molar-refractivity contribution in [3.63, 3.8) is 0 Å². The molecule has 1 aromatic carbocycles. The first kappa shape index (κ1) is 21.3. The van der Waals surface area contributed by atoms with Crippen molar-refractivity contribution in [2.24, 2.45) is 23.2 Å². The Morgan fingerprint density at radius 1 is 1.03 bits per heavy atom. The van der Waals surface area contributed by atoms with Crippen molar-refractivity contribution in [3.8, 4) is 5.75 Å². The van der Waals surface area contributed by atoms with Crippen molar-refractivity contribution in [2.75, 3.05) is 0 Å². The van der Waals surface area contributed by atoms with E-state index in [-0.39, 0.29) is 29.8 Å². The van der Waals surface area contributed by atoms with Gasteiger partial charge in [0.2, 0.25) is 0 Å². The van der Waals surface area contributed by atoms with Crippen LogP contribution in [0.5, 0.6) is 5.75 Å². The zero-order valence-corrected chi connectivity index (χ0v) is 19.1. The van der Waals surface area contributed by atoms with Gasteiger partial charge in [0, 0.05) is 11.6 Å². The van der Waals surface area contributed by atoms with Crippen LogP contribution >= 0.6 is 0 Å². The molecule has 6 rings (SSSR count). The van der Waals surface area contributed by atoms with Gasteiger partial charge in [-0.1, -0.05) is 6.92 Å². The van der Waals surface area contributed by atoms with Crippen LogP contribution in [0.25, 0.3) is 0 Å². The molecule has 1 N–H and O–H groups in total. The van der Waals surface area contributed by atoms with Crippen molar-refractivity contribution in [1.82, 2.24) is 5.32 Å². The maximum atomic E-state index is 13.0. The Hall–Kier alpha value is -2.56. The average Bonchev–Trinajstić information content (AvgIpc) is 3.24. The molecule has 32 heavy (non-hydrogen) atoms. The number of furan rings is 1. The summed E-state index contributed by atoms with van der Waals surface area (Å²) in [5.41, 5.74) is 0.933. The van der Waals surface area contributed by atoms with Gasteiger partial charge in [0.25, 0.3) is 5.91 Å². The molecule has 5 heteroatoms. The number of ketones is 1. The number of rotatable bonds is 8. The van der Waals surface area contributed by atoms with E-state index in [1.165, 1.54) is 45.4 Å². The van der Waals surface area contributed by atoms with Crippen molar-refractivity contribution in [3.05, 3.63) is 53.5 Å². The van der Waals surface area contributed by atoms with Gasteiger partial charge >= 0.3 is 0 Å². The molecule has 4 bridgehead atoms. The minimum atomic E-state index is -0.121. The summed E-state index contributed by atoms with van der Waals surface area (Å²) >= 11 is 0. The summed E-state index contributed by atoms with van der Waals surface area (Å²) in [6.45, 7) is 3.97. The van der Waals surface area contributed by atoms with Gasteiger partial charge in [0.05, 0.1) is 0 Å². The predicted octanol–water partition coefficient (Wildman–Crippen LogP) is 5.79. The van der Waals surface area contributed by atoms with Crippen LogP contribution in [0.3, 0.4) is 0 Å². The topological polar surface area (TPSA) is 68.5 Å². The van der Waals surface area contributed by atoms with E-state index >= 15 is 0 Å². The fraction of sp³-hybridized carbons (Fsp3) is 0.556. The Labute approximate surface area is 189 Å². The van der Waals surface area contributed by atoms with Gasteiger partial charge in [0.15, 0.2) is 11.5 Å². The summed E-state index contributed by atoms with van der Waals surface area (Å²) in [4.78, 5) is 24.4. The van der Waals surface area contributed by atoms with E-state index in [0.29, 0.717) is 22.8 Å². The molecule has 2 aromatic rings. The lowest BCUT2D eigenvalue weighted by atomic mass is 9.47. The number of ether oxygens (including phenoxy) is 1. The number of carbonyl (C=O) groups is 2. The van der Waals surface area contributed by atoms with E-state index in [2.05, 4.69) is 12.2 Å². The van der Waals surface area contributed by atoms with Crippen LogP contribution in [0.2, 0.25) is 0 Å². The molecule has 1 aromatic heterocycles. The van der Waals surface area contributed by atoms with Gasteiger partial charge in [-0.05, 0) is 111 Å². The third kappa shape index (κ3) is 4.10. The van der Waals surface area contributed by atoms with Crippen molar-refractivity contribution < 1.29 is 18.7 Å². The van der Waals surface area contributed by atoms with E-state index in [4.69, 9.17) is 9.15 Å². The summed E-state index contributed by atoms with van der Waals surface area (Å²) in [6.07, 6.45) is 9.01. The molecule has 0 radical (unpaired) electrons. The van der Waals surface area contributed by atoms with E-state index in [0.717, 1.165) is 24.2 Å². The van der Waals surface area contributed by atoms with Gasteiger partial charge in [-0.25, -0.2) is 0 Å². The molecule has 170 valence electrons. The molecular formula is C27H33NO4. The van der Waals surface area contributed by atoms with E-state index < -0.39 is 0 Å². The number of nitrogens with one attached hydrogen (secondary N) is 1. The quantitative estimate of drug-likeness (QED) is 0.533. The Bertz CT molecular complexity index is 954. The molecule has 0 spiro atoms. The second-order valence-corrected chi connectivity index (χ2v) is 10.3. The van der Waals surface area contributed by atoms with Crippen molar-refractivity contribution in [1.29, 1.82) is 0 Å². The number of hydrogen-bond acceptors (Lipinski definition) is 4. The smallest absolute Gasteiger partial charge is 0.287 e. The lowest BCUT2D eigenvalue weighted by Crippen LogP contribution is -2.56. The van der Waals surface area contributed by atoms with Crippen molar-refractivity contribution >= 4 is 11.7 Å². The van der Waals surface area contributed by atoms with E-state index in [9.17, 15) is 9.59 Å². The Morgan fingerprint density at radius 3 is 2.22 bits per heavy atom. The fourth-order valence-electron chi connectivity index (χ4n) is 7.04. The maximum Gasteiger partial charge on any atom is 0.287 e. The Morgan fingerprint density at radius 2 is 1.66 bits per heavy atom. The monoisotopic (exact) mass is 435 g/mol. The molecule has 1 amide bonds. The first-order chi connectivity index (χ1) is 15.4. The minimum absolute atomic E-state index is 0.0252. The van der Waals surface area contributed by atoms with Crippen LogP contribution in [-0.4, -0.2) is 17.7 Å². The highest BCUT2D eigenvalue weighted by Crippen LogP contribution is 2.61. The molecule has 1 unspecified atom stereocenters. The van der Waals surface area contributed by atoms with Crippen LogP contribution in [-0.2, 0) is 6.61 Å². The molecule has 4 saturated carbocycles. The number of amides is 1. The molecule has 4 fully saturated rings. The van der Waals surface area contributed by atoms with Gasteiger partial charge in [-0.2, -0.15) is 0 Å². The first-order valence-electron chi connectivity index (χ1n) is 12.1. The summed E-state index contributed by atoms with van der Waals surface area (Å²) in [6, 6.07) is 10.8. The largest absolute Gasteiger partial charge is 0.486 e. The van der Waals surface area contributed by atoms with E-state index in [1.54, 1.807) is 36.4 Å². The van der Waals surface area contributed by atoms with Crippen LogP contribution in [0.1, 0.15) is 85.5 Å². The maximum absolute atomic E-state index is 13.0. The zero-order valence-electron chi connectivity index (χ0n) is 19.1. The normalized spacial score (nSPS) is 29.0. The third-order valence-electron chi connectivity index (χ3n) is 8.07. The van der Waals surface area contributed by atoms with Crippen molar-refractivity contribution in [2.45, 2.75) is 71.4 Å². The number of Topliss-reactive ketones (excluding diaryl/α,β-unsaturated/α-hetero) is 1. The van der Waals surface area contributed by atoms with Crippen LogP contribution in [0, 0.1) is 23.2 Å². The third-order valence-corrected chi connectivity index (χ3v) is 8.07. The molecule has 1 atom stereocenters. The SMILES string of the molecule is CCC(NC(=O)c1ccc(COc2ccc(C(C)=O)cc2)o1)C12CC3CC(CC(C3)C1)C2. The lowest BCUT2D eigenvalue weighted by Gasteiger charge is -2.59. The van der Waals surface area contributed by atoms with Crippen LogP contribution in [0.4, 0.5) is 0 Å². The van der Waals surface area contributed by atoms with Gasteiger partial charge < -0.3 is 14.5 Å². The Balaban J connectivity index is 1.20. The second kappa shape index (κ2) is 8.42. The predicted molar refractivity (Wildman–Crippen MR) is 122 cm³/mol. The summed E-state index contributed by atoms with van der Waals surface area (Å²) < 4.78 is 11.6. The molecule has 4 aliphatic rings. The number of benzene rings is 1. The number of carbonyl (C=O) groups excluding carboxylic acids is 2. The summed E-state index contributed by atoms with van der Waals surface area (Å²) in [5, 5.41) is 3.34. The first-order valence-corrected chi connectivity index (χ1v) is 12.1. The highest BCUT2D eigenvalue weighted by atomic mass is 16.5. The van der Waals surface area contributed by atoms with Gasteiger partial charge in [0.1, 0.15) is 18.1 Å². The standard InChI is InChI=1S/C27H33NO4/c1-3-25(27-13-18-10-19(14-27)12-20(11-18)15-27)28-26(30)24-9-8-23(32-24)16-31-22-6-4-21(5-7-22)17(2)29/h4-9,18-20,25H,3,10-16H2,1-2H3,(H,28,30).